The third kappa shape index (κ3) is 5.72. The van der Waals surface area contributed by atoms with Gasteiger partial charge in [-0.2, -0.15) is 5.10 Å². The van der Waals surface area contributed by atoms with Crippen LogP contribution in [0.1, 0.15) is 12.5 Å². The third-order valence-electron chi connectivity index (χ3n) is 3.12. The maximum atomic E-state index is 11.7. The monoisotopic (exact) mass is 344 g/mol. The van der Waals surface area contributed by atoms with E-state index in [-0.39, 0.29) is 12.4 Å². The molecule has 0 bridgehead atoms. The predicted octanol–water partition coefficient (Wildman–Crippen LogP) is 2.33. The fourth-order valence-electron chi connectivity index (χ4n) is 1.91. The van der Waals surface area contributed by atoms with Gasteiger partial charge in [0, 0.05) is 0 Å². The number of hydrogen-bond donors (Lipinski definition) is 2. The van der Waals surface area contributed by atoms with Crippen LogP contribution in [0.15, 0.2) is 47.6 Å². The van der Waals surface area contributed by atoms with Crippen molar-refractivity contribution >= 4 is 12.1 Å². The van der Waals surface area contributed by atoms with Crippen LogP contribution in [-0.2, 0) is 4.79 Å². The quantitative estimate of drug-likeness (QED) is 0.567. The fourth-order valence-corrected chi connectivity index (χ4v) is 1.91. The second kappa shape index (κ2) is 9.17. The minimum absolute atomic E-state index is 0.0518. The standard InChI is InChI=1S/C18H20N2O5/c1-3-24-17-10-13(4-9-16(17)21)11-19-20-18(22)12-25-15-7-5-14(23-2)6-8-15/h4-11,21H,3,12H2,1-2H3,(H,20,22)/b19-11-. The van der Waals surface area contributed by atoms with E-state index in [0.717, 1.165) is 0 Å². The Labute approximate surface area is 145 Å². The van der Waals surface area contributed by atoms with Gasteiger partial charge in [0.15, 0.2) is 18.1 Å². The minimum atomic E-state index is -0.393. The van der Waals surface area contributed by atoms with Crippen LogP contribution in [-0.4, -0.2) is 37.6 Å². The van der Waals surface area contributed by atoms with Crippen molar-refractivity contribution in [2.24, 2.45) is 5.10 Å². The zero-order valence-corrected chi connectivity index (χ0v) is 14.1. The van der Waals surface area contributed by atoms with Gasteiger partial charge in [-0.3, -0.25) is 4.79 Å². The van der Waals surface area contributed by atoms with Gasteiger partial charge in [0.05, 0.1) is 19.9 Å². The molecular formula is C18H20N2O5. The number of phenolic OH excluding ortho intramolecular Hbond substituents is 1. The molecule has 0 aliphatic heterocycles. The number of hydrogen-bond acceptors (Lipinski definition) is 6. The topological polar surface area (TPSA) is 89.4 Å². The average Bonchev–Trinajstić information content (AvgIpc) is 2.63. The maximum Gasteiger partial charge on any atom is 0.277 e. The van der Waals surface area contributed by atoms with Gasteiger partial charge in [-0.15, -0.1) is 0 Å². The van der Waals surface area contributed by atoms with E-state index >= 15 is 0 Å². The molecule has 0 aliphatic carbocycles. The second-order valence-electron chi connectivity index (χ2n) is 4.92. The van der Waals surface area contributed by atoms with E-state index in [4.69, 9.17) is 14.2 Å². The second-order valence-corrected chi connectivity index (χ2v) is 4.92. The summed E-state index contributed by atoms with van der Waals surface area (Å²) < 4.78 is 15.7. The number of rotatable bonds is 8. The first-order chi connectivity index (χ1) is 12.1. The highest BCUT2D eigenvalue weighted by atomic mass is 16.5. The summed E-state index contributed by atoms with van der Waals surface area (Å²) >= 11 is 0. The predicted molar refractivity (Wildman–Crippen MR) is 93.5 cm³/mol. The lowest BCUT2D eigenvalue weighted by atomic mass is 10.2. The number of hydrazone groups is 1. The molecule has 0 radical (unpaired) electrons. The van der Waals surface area contributed by atoms with Crippen molar-refractivity contribution in [3.05, 3.63) is 48.0 Å². The molecule has 0 unspecified atom stereocenters. The number of amides is 1. The lowest BCUT2D eigenvalue weighted by Crippen LogP contribution is -2.24. The zero-order chi connectivity index (χ0) is 18.1. The molecule has 2 N–H and O–H groups in total. The number of phenols is 1. The van der Waals surface area contributed by atoms with Gasteiger partial charge in [-0.25, -0.2) is 5.43 Å². The Bertz CT molecular complexity index is 729. The number of aromatic hydroxyl groups is 1. The van der Waals surface area contributed by atoms with Crippen molar-refractivity contribution in [1.29, 1.82) is 0 Å². The highest BCUT2D eigenvalue weighted by Crippen LogP contribution is 2.26. The van der Waals surface area contributed by atoms with E-state index in [1.807, 2.05) is 6.92 Å². The van der Waals surface area contributed by atoms with Crippen LogP contribution in [0.2, 0.25) is 0 Å². The van der Waals surface area contributed by atoms with Crippen LogP contribution in [0.5, 0.6) is 23.0 Å². The Morgan fingerprint density at radius 2 is 1.88 bits per heavy atom. The molecule has 0 aromatic heterocycles. The van der Waals surface area contributed by atoms with Crippen molar-refractivity contribution in [1.82, 2.24) is 5.43 Å². The smallest absolute Gasteiger partial charge is 0.277 e. The van der Waals surface area contributed by atoms with E-state index in [1.165, 1.54) is 12.3 Å². The number of methoxy groups -OCH3 is 1. The molecule has 2 aromatic rings. The number of nitrogens with zero attached hydrogens (tertiary/aromatic N) is 1. The van der Waals surface area contributed by atoms with Gasteiger partial charge in [-0.05, 0) is 55.0 Å². The first-order valence-corrected chi connectivity index (χ1v) is 7.67. The Morgan fingerprint density at radius 3 is 2.56 bits per heavy atom. The summed E-state index contributed by atoms with van der Waals surface area (Å²) in [6.07, 6.45) is 1.45. The first kappa shape index (κ1) is 18.1. The number of carbonyl (C=O) groups excluding carboxylic acids is 1. The van der Waals surface area contributed by atoms with E-state index in [2.05, 4.69) is 10.5 Å². The lowest BCUT2D eigenvalue weighted by molar-refractivity contribution is -0.123. The summed E-state index contributed by atoms with van der Waals surface area (Å²) in [5.41, 5.74) is 3.05. The summed E-state index contributed by atoms with van der Waals surface area (Å²) in [5.74, 6) is 1.29. The van der Waals surface area contributed by atoms with Crippen molar-refractivity contribution in [2.45, 2.75) is 6.92 Å². The van der Waals surface area contributed by atoms with Gasteiger partial charge in [0.1, 0.15) is 11.5 Å². The highest BCUT2D eigenvalue weighted by molar-refractivity contribution is 5.83. The van der Waals surface area contributed by atoms with Crippen LogP contribution >= 0.6 is 0 Å². The van der Waals surface area contributed by atoms with E-state index in [0.29, 0.717) is 29.4 Å². The van der Waals surface area contributed by atoms with Gasteiger partial charge in [0.25, 0.3) is 5.91 Å². The number of benzene rings is 2. The molecule has 0 fully saturated rings. The summed E-state index contributed by atoms with van der Waals surface area (Å²) in [5, 5.41) is 13.5. The molecule has 2 rings (SSSR count). The number of carbonyl (C=O) groups is 1. The van der Waals surface area contributed by atoms with Gasteiger partial charge >= 0.3 is 0 Å². The summed E-state index contributed by atoms with van der Waals surface area (Å²) in [6, 6.07) is 11.7. The van der Waals surface area contributed by atoms with Gasteiger partial charge in [0.2, 0.25) is 0 Å². The molecule has 2 aromatic carbocycles. The summed E-state index contributed by atoms with van der Waals surface area (Å²) in [6.45, 7) is 2.10. The molecule has 7 nitrogen and oxygen atoms in total. The molecule has 0 heterocycles. The first-order valence-electron chi connectivity index (χ1n) is 7.67. The van der Waals surface area contributed by atoms with Crippen LogP contribution < -0.4 is 19.6 Å². The van der Waals surface area contributed by atoms with E-state index in [9.17, 15) is 9.90 Å². The van der Waals surface area contributed by atoms with Crippen LogP contribution in [0.3, 0.4) is 0 Å². The van der Waals surface area contributed by atoms with Crippen LogP contribution in [0.4, 0.5) is 0 Å². The highest BCUT2D eigenvalue weighted by Gasteiger charge is 2.03. The lowest BCUT2D eigenvalue weighted by Gasteiger charge is -2.06. The van der Waals surface area contributed by atoms with Gasteiger partial charge < -0.3 is 19.3 Å². The molecule has 0 aliphatic rings. The van der Waals surface area contributed by atoms with Crippen molar-refractivity contribution < 1.29 is 24.1 Å². The molecule has 0 atom stereocenters. The molecule has 7 heteroatoms. The molecule has 0 saturated heterocycles. The fraction of sp³-hybridized carbons (Fsp3) is 0.222. The zero-order valence-electron chi connectivity index (χ0n) is 14.1. The van der Waals surface area contributed by atoms with Crippen LogP contribution in [0, 0.1) is 0 Å². The molecule has 0 spiro atoms. The van der Waals surface area contributed by atoms with Gasteiger partial charge in [-0.1, -0.05) is 0 Å². The minimum Gasteiger partial charge on any atom is -0.504 e. The SMILES string of the molecule is CCOc1cc(/C=N\NC(=O)COc2ccc(OC)cc2)ccc1O. The molecule has 25 heavy (non-hydrogen) atoms. The number of ether oxygens (including phenoxy) is 3. The summed E-state index contributed by atoms with van der Waals surface area (Å²) in [4.78, 5) is 11.7. The molecule has 0 saturated carbocycles. The molecular weight excluding hydrogens is 324 g/mol. The van der Waals surface area contributed by atoms with Crippen molar-refractivity contribution in [3.8, 4) is 23.0 Å². The maximum absolute atomic E-state index is 11.7. The van der Waals surface area contributed by atoms with E-state index in [1.54, 1.807) is 43.5 Å². The Kier molecular flexibility index (Phi) is 6.65. The number of nitrogens with one attached hydrogen (secondary N) is 1. The molecule has 132 valence electrons. The Morgan fingerprint density at radius 1 is 1.16 bits per heavy atom. The van der Waals surface area contributed by atoms with Crippen molar-refractivity contribution in [3.63, 3.8) is 0 Å². The average molecular weight is 344 g/mol. The Hall–Kier alpha value is -3.22. The Balaban J connectivity index is 1.82. The van der Waals surface area contributed by atoms with Crippen LogP contribution in [0.25, 0.3) is 0 Å². The molecule has 1 amide bonds. The van der Waals surface area contributed by atoms with Crippen molar-refractivity contribution in [2.75, 3.05) is 20.3 Å². The summed E-state index contributed by atoms with van der Waals surface area (Å²) in [7, 11) is 1.58. The van der Waals surface area contributed by atoms with E-state index < -0.39 is 5.91 Å². The normalized spacial score (nSPS) is 10.5. The third-order valence-corrected chi connectivity index (χ3v) is 3.12. The largest absolute Gasteiger partial charge is 0.504 e.